The highest BCUT2D eigenvalue weighted by Gasteiger charge is 2.31. The van der Waals surface area contributed by atoms with Crippen LogP contribution in [-0.2, 0) is 27.4 Å². The molecule has 2 aromatic carbocycles. The highest BCUT2D eigenvalue weighted by Crippen LogP contribution is 2.30. The Hall–Kier alpha value is -4.36. The van der Waals surface area contributed by atoms with E-state index in [4.69, 9.17) is 31.9 Å². The number of esters is 1. The van der Waals surface area contributed by atoms with E-state index in [-0.39, 0.29) is 61.1 Å². The third kappa shape index (κ3) is 5.64. The van der Waals surface area contributed by atoms with Gasteiger partial charge in [0.1, 0.15) is 25.5 Å². The predicted octanol–water partition coefficient (Wildman–Crippen LogP) is 2.84. The molecule has 2 heterocycles. The summed E-state index contributed by atoms with van der Waals surface area (Å²) in [5.41, 5.74) is 1.55. The van der Waals surface area contributed by atoms with Crippen molar-refractivity contribution in [2.75, 3.05) is 24.7 Å². The van der Waals surface area contributed by atoms with Crippen molar-refractivity contribution in [3.63, 3.8) is 0 Å². The molecule has 0 saturated heterocycles. The number of hydrogen-bond donors (Lipinski definition) is 0. The number of nitrogens with zero attached hydrogens (tertiary/aromatic N) is 4. The van der Waals surface area contributed by atoms with E-state index >= 15 is 0 Å². The molecule has 0 fully saturated rings. The molecule has 0 bridgehead atoms. The number of para-hydroxylation sites is 1. The molecule has 0 unspecified atom stereocenters. The maximum Gasteiger partial charge on any atom is 0.302 e. The summed E-state index contributed by atoms with van der Waals surface area (Å²) in [5, 5.41) is 7.75. The number of carbonyl (C=O) groups is 3. The smallest absolute Gasteiger partial charge is 0.302 e. The number of amides is 2. The van der Waals surface area contributed by atoms with Gasteiger partial charge >= 0.3 is 5.97 Å². The van der Waals surface area contributed by atoms with Crippen molar-refractivity contribution in [1.82, 2.24) is 15.1 Å². The summed E-state index contributed by atoms with van der Waals surface area (Å²) in [5.74, 6) is 1.72. The van der Waals surface area contributed by atoms with Gasteiger partial charge in [-0.25, -0.2) is 0 Å². The second kappa shape index (κ2) is 10.9. The number of hydrogen-bond acceptors (Lipinski definition) is 8. The topological polar surface area (TPSA) is 115 Å². The summed E-state index contributed by atoms with van der Waals surface area (Å²) in [6.45, 7) is 1.59. The number of halogens is 1. The zero-order valence-electron chi connectivity index (χ0n) is 19.3. The van der Waals surface area contributed by atoms with Crippen LogP contribution in [0, 0.1) is 12.3 Å². The van der Waals surface area contributed by atoms with Crippen molar-refractivity contribution in [2.24, 2.45) is 0 Å². The van der Waals surface area contributed by atoms with E-state index in [1.54, 1.807) is 18.2 Å². The van der Waals surface area contributed by atoms with Crippen LogP contribution in [0.4, 0.5) is 5.69 Å². The Labute approximate surface area is 211 Å². The third-order valence-electron chi connectivity index (χ3n) is 5.28. The first kappa shape index (κ1) is 24.8. The average Bonchev–Trinajstić information content (AvgIpc) is 3.27. The summed E-state index contributed by atoms with van der Waals surface area (Å²) in [7, 11) is 0. The van der Waals surface area contributed by atoms with Crippen LogP contribution < -0.4 is 9.64 Å². The van der Waals surface area contributed by atoms with Gasteiger partial charge in [-0.3, -0.25) is 19.3 Å². The van der Waals surface area contributed by atoms with E-state index in [0.29, 0.717) is 11.4 Å². The van der Waals surface area contributed by atoms with Gasteiger partial charge in [0.15, 0.2) is 0 Å². The first-order valence-corrected chi connectivity index (χ1v) is 11.3. The molecule has 0 saturated carbocycles. The standard InChI is InChI=1S/C25H21ClN4O6/c1-3-22-27-28-23(36-22)14-29-13-17-6-4-5-7-21(17)30(15-24(29)32)25(33)19-9-8-18(12-20(19)26)35-11-10-34-16(2)31/h1,4-9,12H,10-11,13-15H2,2H3. The lowest BCUT2D eigenvalue weighted by atomic mass is 10.1. The van der Waals surface area contributed by atoms with E-state index in [1.807, 2.05) is 12.1 Å². The second-order valence-corrected chi connectivity index (χ2v) is 8.15. The highest BCUT2D eigenvalue weighted by atomic mass is 35.5. The average molecular weight is 509 g/mol. The molecule has 3 aromatic rings. The lowest BCUT2D eigenvalue weighted by molar-refractivity contribution is -0.141. The van der Waals surface area contributed by atoms with Crippen molar-refractivity contribution in [2.45, 2.75) is 20.0 Å². The summed E-state index contributed by atoms with van der Waals surface area (Å²) in [6.07, 6.45) is 5.27. The highest BCUT2D eigenvalue weighted by molar-refractivity contribution is 6.34. The summed E-state index contributed by atoms with van der Waals surface area (Å²) >= 11 is 6.41. The van der Waals surface area contributed by atoms with Crippen LogP contribution in [-0.4, -0.2) is 52.6 Å². The summed E-state index contributed by atoms with van der Waals surface area (Å²) in [6, 6.07) is 11.8. The fraction of sp³-hybridized carbons (Fsp3) is 0.240. The number of carbonyl (C=O) groups excluding carboxylic acids is 3. The number of benzene rings is 2. The molecular weight excluding hydrogens is 488 g/mol. The Balaban J connectivity index is 1.54. The number of rotatable bonds is 7. The maximum absolute atomic E-state index is 13.5. The van der Waals surface area contributed by atoms with Gasteiger partial charge < -0.3 is 18.8 Å². The monoisotopic (exact) mass is 508 g/mol. The molecule has 11 heteroatoms. The van der Waals surface area contributed by atoms with E-state index in [1.165, 1.54) is 28.9 Å². The molecule has 0 radical (unpaired) electrons. The Kier molecular flexibility index (Phi) is 7.51. The molecule has 10 nitrogen and oxygen atoms in total. The quantitative estimate of drug-likeness (QED) is 0.272. The van der Waals surface area contributed by atoms with Crippen LogP contribution in [0.5, 0.6) is 5.75 Å². The molecule has 1 aliphatic rings. The van der Waals surface area contributed by atoms with Crippen LogP contribution in [0.2, 0.25) is 5.02 Å². The zero-order chi connectivity index (χ0) is 25.7. The Bertz CT molecular complexity index is 1350. The molecule has 1 aliphatic heterocycles. The zero-order valence-corrected chi connectivity index (χ0v) is 20.0. The molecular formula is C25H21ClN4O6. The number of anilines is 1. The molecule has 2 amide bonds. The fourth-order valence-electron chi connectivity index (χ4n) is 3.64. The molecule has 1 aromatic heterocycles. The van der Waals surface area contributed by atoms with E-state index in [9.17, 15) is 14.4 Å². The van der Waals surface area contributed by atoms with Crippen molar-refractivity contribution < 1.29 is 28.3 Å². The molecule has 36 heavy (non-hydrogen) atoms. The number of fused-ring (bicyclic) bond motifs is 1. The minimum absolute atomic E-state index is 0.0259. The van der Waals surface area contributed by atoms with E-state index < -0.39 is 11.9 Å². The van der Waals surface area contributed by atoms with Gasteiger partial charge in [0.2, 0.25) is 11.8 Å². The molecule has 0 atom stereocenters. The van der Waals surface area contributed by atoms with Crippen LogP contribution in [0.15, 0.2) is 46.9 Å². The van der Waals surface area contributed by atoms with Gasteiger partial charge in [-0.05, 0) is 35.7 Å². The van der Waals surface area contributed by atoms with Crippen molar-refractivity contribution in [3.8, 4) is 18.1 Å². The number of ether oxygens (including phenoxy) is 2. The Morgan fingerprint density at radius 1 is 1.17 bits per heavy atom. The first-order chi connectivity index (χ1) is 17.4. The van der Waals surface area contributed by atoms with Crippen LogP contribution in [0.3, 0.4) is 0 Å². The van der Waals surface area contributed by atoms with Gasteiger partial charge in [0.05, 0.1) is 17.1 Å². The van der Waals surface area contributed by atoms with Crippen molar-refractivity contribution in [1.29, 1.82) is 0 Å². The first-order valence-electron chi connectivity index (χ1n) is 10.9. The summed E-state index contributed by atoms with van der Waals surface area (Å²) in [4.78, 5) is 40.5. The minimum atomic E-state index is -0.443. The van der Waals surface area contributed by atoms with Crippen LogP contribution in [0.25, 0.3) is 0 Å². The minimum Gasteiger partial charge on any atom is -0.490 e. The Morgan fingerprint density at radius 2 is 1.97 bits per heavy atom. The van der Waals surface area contributed by atoms with Crippen LogP contribution in [0.1, 0.15) is 34.6 Å². The van der Waals surface area contributed by atoms with E-state index in [0.717, 1.165) is 5.56 Å². The normalized spacial score (nSPS) is 13.0. The molecule has 0 spiro atoms. The SMILES string of the molecule is C#Cc1nnc(CN2Cc3ccccc3N(C(=O)c3ccc(OCCOC(C)=O)cc3Cl)CC2=O)o1. The predicted molar refractivity (Wildman–Crippen MR) is 128 cm³/mol. The van der Waals surface area contributed by atoms with Crippen LogP contribution >= 0.6 is 11.6 Å². The molecule has 184 valence electrons. The largest absolute Gasteiger partial charge is 0.490 e. The van der Waals surface area contributed by atoms with E-state index in [2.05, 4.69) is 16.1 Å². The van der Waals surface area contributed by atoms with Crippen molar-refractivity contribution in [3.05, 3.63) is 70.4 Å². The molecule has 4 rings (SSSR count). The Morgan fingerprint density at radius 3 is 2.69 bits per heavy atom. The fourth-order valence-corrected chi connectivity index (χ4v) is 3.89. The number of terminal acetylenes is 1. The van der Waals surface area contributed by atoms with Gasteiger partial charge in [0.25, 0.3) is 11.8 Å². The molecule has 0 N–H and O–H groups in total. The maximum atomic E-state index is 13.5. The van der Waals surface area contributed by atoms with Crippen molar-refractivity contribution >= 4 is 35.1 Å². The van der Waals surface area contributed by atoms with Gasteiger partial charge in [-0.1, -0.05) is 34.9 Å². The van der Waals surface area contributed by atoms with Gasteiger partial charge in [-0.2, -0.15) is 0 Å². The van der Waals surface area contributed by atoms with Gasteiger partial charge in [0, 0.05) is 19.2 Å². The lowest BCUT2D eigenvalue weighted by Crippen LogP contribution is -2.40. The third-order valence-corrected chi connectivity index (χ3v) is 5.59. The lowest BCUT2D eigenvalue weighted by Gasteiger charge is -2.23. The second-order valence-electron chi connectivity index (χ2n) is 7.75. The molecule has 0 aliphatic carbocycles. The summed E-state index contributed by atoms with van der Waals surface area (Å²) < 4.78 is 15.7. The van der Waals surface area contributed by atoms with Gasteiger partial charge in [-0.15, -0.1) is 11.5 Å². The number of aromatic nitrogens is 2.